The van der Waals surface area contributed by atoms with Crippen molar-refractivity contribution >= 4 is 38.9 Å². The van der Waals surface area contributed by atoms with Crippen molar-refractivity contribution in [2.75, 3.05) is 9.80 Å². The summed E-state index contributed by atoms with van der Waals surface area (Å²) in [5.74, 6) is 1.44. The molecule has 8 aromatic rings. The summed E-state index contributed by atoms with van der Waals surface area (Å²) < 4.78 is 23.9. The molecule has 5 nitrogen and oxygen atoms in total. The van der Waals surface area contributed by atoms with Gasteiger partial charge in [-0.1, -0.05) is 86.3 Å². The Morgan fingerprint density at radius 1 is 0.754 bits per heavy atom. The molecular formula is C50H42FN4OPt-3. The van der Waals surface area contributed by atoms with Crippen molar-refractivity contribution < 1.29 is 30.2 Å². The molecular weight excluding hydrogens is 887 g/mol. The maximum Gasteiger partial charge on any atom is 0.135 e. The fourth-order valence-corrected chi connectivity index (χ4v) is 7.96. The van der Waals surface area contributed by atoms with Crippen LogP contribution in [0.25, 0.3) is 38.8 Å². The Morgan fingerprint density at radius 3 is 2.28 bits per heavy atom. The second-order valence-electron chi connectivity index (χ2n) is 15.7. The predicted octanol–water partition coefficient (Wildman–Crippen LogP) is 12.9. The van der Waals surface area contributed by atoms with Crippen molar-refractivity contribution in [3.05, 3.63) is 180 Å². The summed E-state index contributed by atoms with van der Waals surface area (Å²) in [5.41, 5.74) is 13.2. The Hall–Kier alpha value is -5.71. The van der Waals surface area contributed by atoms with E-state index in [0.29, 0.717) is 34.8 Å². The number of hydrogen-bond donors (Lipinski definition) is 0. The second-order valence-corrected chi connectivity index (χ2v) is 15.7. The van der Waals surface area contributed by atoms with E-state index in [9.17, 15) is 0 Å². The Morgan fingerprint density at radius 2 is 1.49 bits per heavy atom. The van der Waals surface area contributed by atoms with Gasteiger partial charge in [-0.2, -0.15) is 18.8 Å². The van der Waals surface area contributed by atoms with E-state index in [-0.39, 0.29) is 32.3 Å². The SMILES string of the molecule is Cc1cc(CN2[CH-]N(c3[c-]c(Oc4[c-]c5c(cc4)c4c(F)cccc4n5-c4cc(C(C)(C)C)ccn4)ccc3)c3ccccc32)c(-c2ccccc2)c(C)c1C.[Pt]. The molecule has 0 saturated heterocycles. The molecule has 0 unspecified atom stereocenters. The van der Waals surface area contributed by atoms with Crippen molar-refractivity contribution in [3.8, 4) is 28.4 Å². The number of nitrogens with zero attached hydrogens (tertiary/aromatic N) is 4. The number of rotatable bonds is 7. The smallest absolute Gasteiger partial charge is 0.135 e. The molecule has 1 aliphatic rings. The fourth-order valence-electron chi connectivity index (χ4n) is 7.96. The first-order valence-electron chi connectivity index (χ1n) is 19.0. The van der Waals surface area contributed by atoms with Crippen LogP contribution >= 0.6 is 0 Å². The van der Waals surface area contributed by atoms with Crippen LogP contribution in [0, 0.1) is 45.4 Å². The molecule has 288 valence electrons. The molecule has 0 bridgehead atoms. The third kappa shape index (κ3) is 6.91. The number of fused-ring (bicyclic) bond motifs is 4. The molecule has 3 heterocycles. The van der Waals surface area contributed by atoms with Gasteiger partial charge in [0.2, 0.25) is 0 Å². The van der Waals surface area contributed by atoms with Gasteiger partial charge in [0.05, 0.1) is 0 Å². The monoisotopic (exact) mass is 928 g/mol. The van der Waals surface area contributed by atoms with Crippen LogP contribution in [-0.4, -0.2) is 9.55 Å². The second kappa shape index (κ2) is 15.0. The van der Waals surface area contributed by atoms with Gasteiger partial charge < -0.3 is 19.1 Å². The van der Waals surface area contributed by atoms with Crippen LogP contribution in [0.4, 0.5) is 21.5 Å². The molecule has 7 heteroatoms. The van der Waals surface area contributed by atoms with Gasteiger partial charge in [-0.25, -0.2) is 9.37 Å². The van der Waals surface area contributed by atoms with Crippen molar-refractivity contribution in [2.24, 2.45) is 0 Å². The minimum atomic E-state index is -0.290. The molecule has 0 N–H and O–H groups in total. The van der Waals surface area contributed by atoms with Crippen molar-refractivity contribution in [1.29, 1.82) is 0 Å². The number of ether oxygens (including phenoxy) is 1. The summed E-state index contributed by atoms with van der Waals surface area (Å²) in [4.78, 5) is 9.22. The molecule has 57 heavy (non-hydrogen) atoms. The summed E-state index contributed by atoms with van der Waals surface area (Å²) in [6, 6.07) is 47.4. The van der Waals surface area contributed by atoms with E-state index in [2.05, 4.69) is 137 Å². The molecule has 0 saturated carbocycles. The normalized spacial score (nSPS) is 12.6. The van der Waals surface area contributed by atoms with Gasteiger partial charge in [0.1, 0.15) is 11.6 Å². The summed E-state index contributed by atoms with van der Waals surface area (Å²) >= 11 is 0. The van der Waals surface area contributed by atoms with E-state index in [0.717, 1.165) is 33.5 Å². The maximum absolute atomic E-state index is 15.5. The van der Waals surface area contributed by atoms with Gasteiger partial charge in [-0.15, -0.1) is 36.0 Å². The average molecular weight is 929 g/mol. The molecule has 0 fully saturated rings. The number of hydrogen-bond acceptors (Lipinski definition) is 4. The van der Waals surface area contributed by atoms with Gasteiger partial charge in [0.25, 0.3) is 0 Å². The number of aromatic nitrogens is 2. The Kier molecular flexibility index (Phi) is 10.0. The van der Waals surface area contributed by atoms with Crippen LogP contribution in [-0.2, 0) is 33.0 Å². The quantitative estimate of drug-likeness (QED) is 0.149. The van der Waals surface area contributed by atoms with E-state index < -0.39 is 0 Å². The van der Waals surface area contributed by atoms with Crippen molar-refractivity contribution in [1.82, 2.24) is 9.55 Å². The van der Waals surface area contributed by atoms with Crippen LogP contribution in [0.3, 0.4) is 0 Å². The topological polar surface area (TPSA) is 33.5 Å². The summed E-state index contributed by atoms with van der Waals surface area (Å²) in [5, 5.41) is 1.27. The number of benzene rings is 6. The summed E-state index contributed by atoms with van der Waals surface area (Å²) in [7, 11) is 0. The molecule has 0 atom stereocenters. The van der Waals surface area contributed by atoms with Crippen LogP contribution in [0.5, 0.6) is 11.5 Å². The average Bonchev–Trinajstić information content (AvgIpc) is 3.73. The Balaban J connectivity index is 0.00000455. The first-order valence-corrected chi connectivity index (χ1v) is 19.0. The number of halogens is 1. The fraction of sp³-hybridized carbons (Fsp3) is 0.160. The third-order valence-electron chi connectivity index (χ3n) is 11.0. The molecule has 0 spiro atoms. The van der Waals surface area contributed by atoms with E-state index in [1.807, 2.05) is 53.2 Å². The van der Waals surface area contributed by atoms with Gasteiger partial charge in [-0.05, 0) is 107 Å². The number of aryl methyl sites for hydroxylation is 1. The first kappa shape index (κ1) is 38.2. The molecule has 1 aliphatic heterocycles. The Labute approximate surface area is 348 Å². The third-order valence-corrected chi connectivity index (χ3v) is 11.0. The minimum Gasteiger partial charge on any atom is -0.509 e. The van der Waals surface area contributed by atoms with Gasteiger partial charge in [0, 0.05) is 62.2 Å². The molecule has 6 aromatic carbocycles. The van der Waals surface area contributed by atoms with Gasteiger partial charge in [0.15, 0.2) is 0 Å². The predicted molar refractivity (Wildman–Crippen MR) is 227 cm³/mol. The zero-order valence-electron chi connectivity index (χ0n) is 32.8. The molecule has 9 rings (SSSR count). The number of para-hydroxylation sites is 2. The number of pyridine rings is 1. The van der Waals surface area contributed by atoms with Crippen LogP contribution in [0.2, 0.25) is 0 Å². The van der Waals surface area contributed by atoms with Crippen molar-refractivity contribution in [3.63, 3.8) is 0 Å². The largest absolute Gasteiger partial charge is 0.509 e. The Bertz CT molecular complexity index is 2790. The molecule has 0 radical (unpaired) electrons. The van der Waals surface area contributed by atoms with Crippen LogP contribution in [0.1, 0.15) is 48.6 Å². The minimum absolute atomic E-state index is 0. The maximum atomic E-state index is 15.5. The first-order chi connectivity index (χ1) is 27.0. The zero-order valence-corrected chi connectivity index (χ0v) is 35.1. The van der Waals surface area contributed by atoms with E-state index in [1.165, 1.54) is 39.4 Å². The number of anilines is 3. The van der Waals surface area contributed by atoms with E-state index in [4.69, 9.17) is 9.72 Å². The summed E-state index contributed by atoms with van der Waals surface area (Å²) in [6.45, 7) is 16.0. The van der Waals surface area contributed by atoms with Crippen LogP contribution < -0.4 is 14.5 Å². The van der Waals surface area contributed by atoms with Crippen LogP contribution in [0.15, 0.2) is 128 Å². The van der Waals surface area contributed by atoms with Gasteiger partial charge in [-0.3, -0.25) is 0 Å². The van der Waals surface area contributed by atoms with Crippen molar-refractivity contribution in [2.45, 2.75) is 53.5 Å². The molecule has 2 aromatic heterocycles. The standard InChI is InChI=1S/C50H42FN4O.Pt/c1-32-26-36(48(34(3)33(32)2)35-14-8-7-9-15-35)30-53-31-54(44-20-11-10-19-43(44)53)38-16-12-17-39(28-38)56-40-22-23-41-46(29-40)55(45-21-13-18-42(51)49(41)45)47-27-37(24-25-52-47)50(4,5)6;/h7-27,31H,30H2,1-6H3;/q-3;. The molecule has 0 amide bonds. The van der Waals surface area contributed by atoms with E-state index in [1.54, 1.807) is 6.07 Å². The van der Waals surface area contributed by atoms with Gasteiger partial charge >= 0.3 is 0 Å². The molecule has 0 aliphatic carbocycles. The zero-order chi connectivity index (χ0) is 38.7. The van der Waals surface area contributed by atoms with E-state index >= 15 is 4.39 Å². The summed E-state index contributed by atoms with van der Waals surface area (Å²) in [6.07, 6.45) is 1.81.